The highest BCUT2D eigenvalue weighted by atomic mass is 16.6. The summed E-state index contributed by atoms with van der Waals surface area (Å²) in [6, 6.07) is 5.29. The monoisotopic (exact) mass is 265 g/mol. The lowest BCUT2D eigenvalue weighted by atomic mass is 10.0. The van der Waals surface area contributed by atoms with Crippen molar-refractivity contribution in [2.45, 2.75) is 32.9 Å². The molecule has 0 aromatic heterocycles. The Morgan fingerprint density at radius 2 is 2.00 bits per heavy atom. The quantitative estimate of drug-likeness (QED) is 0.626. The largest absolute Gasteiger partial charge is 0.348 e. The van der Waals surface area contributed by atoms with E-state index < -0.39 is 11.0 Å². The summed E-state index contributed by atoms with van der Waals surface area (Å²) in [4.78, 5) is 22.1. The number of non-ortho nitro benzene ring substituents is 1. The molecule has 0 aliphatic carbocycles. The van der Waals surface area contributed by atoms with Gasteiger partial charge in [-0.15, -0.1) is 0 Å². The fourth-order valence-corrected chi connectivity index (χ4v) is 1.60. The molecule has 0 heterocycles. The first-order valence-corrected chi connectivity index (χ1v) is 6.13. The molecule has 0 aliphatic rings. The number of hydrogen-bond acceptors (Lipinski definition) is 4. The predicted octanol–water partition coefficient (Wildman–Crippen LogP) is 1.76. The molecule has 3 N–H and O–H groups in total. The average molecular weight is 265 g/mol. The van der Waals surface area contributed by atoms with Crippen molar-refractivity contribution in [3.63, 3.8) is 0 Å². The minimum atomic E-state index is -0.582. The summed E-state index contributed by atoms with van der Waals surface area (Å²) in [6.07, 6.45) is 0. The van der Waals surface area contributed by atoms with Crippen LogP contribution in [0.25, 0.3) is 0 Å². The number of nitrogens with two attached hydrogens (primary N) is 1. The van der Waals surface area contributed by atoms with Gasteiger partial charge < -0.3 is 11.1 Å². The molecule has 1 amide bonds. The molecule has 0 fully saturated rings. The van der Waals surface area contributed by atoms with Crippen LogP contribution in [0.5, 0.6) is 0 Å². The molecule has 104 valence electrons. The Balaban J connectivity index is 2.78. The molecule has 0 saturated heterocycles. The lowest BCUT2D eigenvalue weighted by molar-refractivity contribution is -0.384. The van der Waals surface area contributed by atoms with Gasteiger partial charge in [0.1, 0.15) is 0 Å². The molecule has 1 aromatic rings. The first kappa shape index (κ1) is 15.1. The van der Waals surface area contributed by atoms with Gasteiger partial charge in [0.2, 0.25) is 5.91 Å². The summed E-state index contributed by atoms with van der Waals surface area (Å²) >= 11 is 0. The number of hydrogen-bond donors (Lipinski definition) is 2. The van der Waals surface area contributed by atoms with Gasteiger partial charge in [0.15, 0.2) is 0 Å². The van der Waals surface area contributed by atoms with E-state index in [2.05, 4.69) is 5.32 Å². The second kappa shape index (κ2) is 6.29. The van der Waals surface area contributed by atoms with Crippen molar-refractivity contribution >= 4 is 11.6 Å². The predicted molar refractivity (Wildman–Crippen MR) is 72.5 cm³/mol. The summed E-state index contributed by atoms with van der Waals surface area (Å²) in [5, 5.41) is 13.5. The van der Waals surface area contributed by atoms with E-state index in [9.17, 15) is 14.9 Å². The maximum atomic E-state index is 11.8. The van der Waals surface area contributed by atoms with Gasteiger partial charge in [-0.25, -0.2) is 0 Å². The van der Waals surface area contributed by atoms with Crippen molar-refractivity contribution in [3.05, 3.63) is 39.9 Å². The van der Waals surface area contributed by atoms with Crippen LogP contribution in [0.2, 0.25) is 0 Å². The van der Waals surface area contributed by atoms with Gasteiger partial charge in [-0.1, -0.05) is 26.0 Å². The van der Waals surface area contributed by atoms with E-state index >= 15 is 0 Å². The van der Waals surface area contributed by atoms with Crippen LogP contribution < -0.4 is 11.1 Å². The number of nitro benzene ring substituents is 1. The van der Waals surface area contributed by atoms with Crippen LogP contribution in [0.1, 0.15) is 32.4 Å². The minimum Gasteiger partial charge on any atom is -0.348 e. The standard InChI is InChI=1S/C13H19N3O3/c1-8(2)12(14)13(17)15-9(3)10-5-4-6-11(7-10)16(18)19/h4-9,12H,14H2,1-3H3,(H,15,17)/t9?,12-/m1/s1. The Labute approximate surface area is 112 Å². The number of carbonyl (C=O) groups is 1. The Morgan fingerprint density at radius 1 is 1.37 bits per heavy atom. The third kappa shape index (κ3) is 4.03. The lowest BCUT2D eigenvalue weighted by Crippen LogP contribution is -2.44. The molecule has 6 heteroatoms. The topological polar surface area (TPSA) is 98.3 Å². The zero-order valence-corrected chi connectivity index (χ0v) is 11.3. The zero-order valence-electron chi connectivity index (χ0n) is 11.3. The highest BCUT2D eigenvalue weighted by Gasteiger charge is 2.20. The van der Waals surface area contributed by atoms with E-state index in [0.29, 0.717) is 5.56 Å². The second-order valence-electron chi connectivity index (χ2n) is 4.85. The molecular weight excluding hydrogens is 246 g/mol. The molecule has 1 rings (SSSR count). The van der Waals surface area contributed by atoms with Gasteiger partial charge in [-0.3, -0.25) is 14.9 Å². The number of carbonyl (C=O) groups excluding carboxylic acids is 1. The van der Waals surface area contributed by atoms with Crippen LogP contribution in [0.4, 0.5) is 5.69 Å². The van der Waals surface area contributed by atoms with Crippen LogP contribution in [-0.2, 0) is 4.79 Å². The molecule has 0 saturated carbocycles. The molecule has 1 aromatic carbocycles. The third-order valence-corrected chi connectivity index (χ3v) is 2.96. The first-order chi connectivity index (χ1) is 8.82. The third-order valence-electron chi connectivity index (χ3n) is 2.96. The summed E-state index contributed by atoms with van der Waals surface area (Å²) in [5.74, 6) is -0.216. The van der Waals surface area contributed by atoms with Crippen molar-refractivity contribution in [1.82, 2.24) is 5.32 Å². The van der Waals surface area contributed by atoms with E-state index in [4.69, 9.17) is 5.73 Å². The van der Waals surface area contributed by atoms with E-state index in [0.717, 1.165) is 0 Å². The van der Waals surface area contributed by atoms with E-state index in [1.165, 1.54) is 12.1 Å². The van der Waals surface area contributed by atoms with Crippen LogP contribution in [0.15, 0.2) is 24.3 Å². The zero-order chi connectivity index (χ0) is 14.6. The van der Waals surface area contributed by atoms with Gasteiger partial charge in [0.25, 0.3) is 5.69 Å². The van der Waals surface area contributed by atoms with Crippen molar-refractivity contribution in [2.75, 3.05) is 0 Å². The minimum absolute atomic E-state index is 0.00626. The highest BCUT2D eigenvalue weighted by molar-refractivity contribution is 5.82. The van der Waals surface area contributed by atoms with Gasteiger partial charge >= 0.3 is 0 Å². The average Bonchev–Trinajstić information content (AvgIpc) is 2.37. The van der Waals surface area contributed by atoms with Crippen LogP contribution in [0, 0.1) is 16.0 Å². The second-order valence-corrected chi connectivity index (χ2v) is 4.85. The van der Waals surface area contributed by atoms with Crippen LogP contribution in [0.3, 0.4) is 0 Å². The molecular formula is C13H19N3O3. The number of benzene rings is 1. The Bertz CT molecular complexity index is 474. The molecule has 0 bridgehead atoms. The van der Waals surface area contributed by atoms with Gasteiger partial charge in [0, 0.05) is 12.1 Å². The van der Waals surface area contributed by atoms with Crippen molar-refractivity contribution in [1.29, 1.82) is 0 Å². The summed E-state index contributed by atoms with van der Waals surface area (Å²) in [6.45, 7) is 5.49. The molecule has 2 atom stereocenters. The van der Waals surface area contributed by atoms with Gasteiger partial charge in [-0.2, -0.15) is 0 Å². The SMILES string of the molecule is CC(NC(=O)[C@H](N)C(C)C)c1cccc([N+](=O)[O-])c1. The fraction of sp³-hybridized carbons (Fsp3) is 0.462. The Hall–Kier alpha value is -1.95. The van der Waals surface area contributed by atoms with Gasteiger partial charge in [0.05, 0.1) is 17.0 Å². The van der Waals surface area contributed by atoms with Crippen molar-refractivity contribution < 1.29 is 9.72 Å². The highest BCUT2D eigenvalue weighted by Crippen LogP contribution is 2.19. The van der Waals surface area contributed by atoms with E-state index in [1.54, 1.807) is 19.1 Å². The number of nitrogens with one attached hydrogen (secondary N) is 1. The smallest absolute Gasteiger partial charge is 0.269 e. The number of rotatable bonds is 5. The van der Waals surface area contributed by atoms with Crippen LogP contribution >= 0.6 is 0 Å². The first-order valence-electron chi connectivity index (χ1n) is 6.13. The fourth-order valence-electron chi connectivity index (χ4n) is 1.60. The molecule has 0 aliphatic heterocycles. The Morgan fingerprint density at radius 3 is 2.53 bits per heavy atom. The number of nitro groups is 1. The number of amides is 1. The van der Waals surface area contributed by atoms with Crippen molar-refractivity contribution in [2.24, 2.45) is 11.7 Å². The molecule has 6 nitrogen and oxygen atoms in total. The maximum Gasteiger partial charge on any atom is 0.269 e. The number of nitrogens with zero attached hydrogens (tertiary/aromatic N) is 1. The Kier molecular flexibility index (Phi) is 5.00. The molecule has 1 unspecified atom stereocenters. The summed E-state index contributed by atoms with van der Waals surface area (Å²) in [7, 11) is 0. The summed E-state index contributed by atoms with van der Waals surface area (Å²) < 4.78 is 0. The van der Waals surface area contributed by atoms with Crippen molar-refractivity contribution in [3.8, 4) is 0 Å². The summed E-state index contributed by atoms with van der Waals surface area (Å²) in [5.41, 5.74) is 6.43. The van der Waals surface area contributed by atoms with E-state index in [-0.39, 0.29) is 23.6 Å². The molecule has 0 spiro atoms. The maximum absolute atomic E-state index is 11.8. The van der Waals surface area contributed by atoms with E-state index in [1.807, 2.05) is 13.8 Å². The molecule has 19 heavy (non-hydrogen) atoms. The van der Waals surface area contributed by atoms with Crippen LogP contribution in [-0.4, -0.2) is 16.9 Å². The van der Waals surface area contributed by atoms with Gasteiger partial charge in [-0.05, 0) is 18.4 Å². The lowest BCUT2D eigenvalue weighted by Gasteiger charge is -2.19. The normalized spacial score (nSPS) is 13.9. The molecule has 0 radical (unpaired) electrons.